The van der Waals surface area contributed by atoms with Crippen LogP contribution in [0.5, 0.6) is 0 Å². The van der Waals surface area contributed by atoms with Gasteiger partial charge in [-0.2, -0.15) is 0 Å². The number of fused-ring (bicyclic) bond motifs is 1. The van der Waals surface area contributed by atoms with Crippen molar-refractivity contribution in [3.05, 3.63) is 23.0 Å². The predicted molar refractivity (Wildman–Crippen MR) is 68.0 cm³/mol. The van der Waals surface area contributed by atoms with Crippen LogP contribution in [0.1, 0.15) is 6.23 Å². The van der Waals surface area contributed by atoms with Gasteiger partial charge >= 0.3 is 0 Å². The molecule has 20 heavy (non-hydrogen) atoms. The van der Waals surface area contributed by atoms with E-state index in [1.165, 1.54) is 17.2 Å². The first-order valence-corrected chi connectivity index (χ1v) is 6.19. The molecule has 0 amide bonds. The van der Waals surface area contributed by atoms with Crippen molar-refractivity contribution in [1.82, 2.24) is 24.8 Å². The summed E-state index contributed by atoms with van der Waals surface area (Å²) in [6.07, 6.45) is 0.468. The molecule has 2 aromatic heterocycles. The fraction of sp³-hybridized carbons (Fsp3) is 0.545. The fourth-order valence-corrected chi connectivity index (χ4v) is 2.53. The first-order valence-electron chi connectivity index (χ1n) is 6.19. The van der Waals surface area contributed by atoms with Crippen LogP contribution in [0.4, 0.5) is 0 Å². The molecule has 0 bridgehead atoms. The number of imidazole rings is 1. The van der Waals surface area contributed by atoms with Gasteiger partial charge in [-0.3, -0.25) is 9.36 Å². The number of nitrogens with zero attached hydrogens (tertiary/aromatic N) is 3. The molecule has 0 aliphatic carbocycles. The van der Waals surface area contributed by atoms with Crippen molar-refractivity contribution in [2.45, 2.75) is 24.5 Å². The van der Waals surface area contributed by atoms with Crippen LogP contribution < -0.4 is 10.9 Å². The van der Waals surface area contributed by atoms with Crippen LogP contribution in [0.2, 0.25) is 0 Å². The summed E-state index contributed by atoms with van der Waals surface area (Å²) >= 11 is 0. The minimum Gasteiger partial charge on any atom is -0.394 e. The number of hydrogen-bond acceptors (Lipinski definition) is 7. The summed E-state index contributed by atoms with van der Waals surface area (Å²) in [5.41, 5.74) is 0.146. The number of ether oxygens (including phenoxy) is 1. The molecule has 9 heteroatoms. The normalized spacial score (nSPS) is 30.1. The summed E-state index contributed by atoms with van der Waals surface area (Å²) < 4.78 is 7.12. The van der Waals surface area contributed by atoms with Crippen molar-refractivity contribution in [2.24, 2.45) is 0 Å². The van der Waals surface area contributed by atoms with E-state index >= 15 is 0 Å². The molecule has 3 rings (SSSR count). The van der Waals surface area contributed by atoms with Gasteiger partial charge in [-0.05, 0) is 7.05 Å². The number of aliphatic hydroxyl groups excluding tert-OH is 2. The van der Waals surface area contributed by atoms with Crippen LogP contribution in [0.25, 0.3) is 11.2 Å². The summed E-state index contributed by atoms with van der Waals surface area (Å²) in [7, 11) is 1.68. The highest BCUT2D eigenvalue weighted by atomic mass is 16.5. The summed E-state index contributed by atoms with van der Waals surface area (Å²) in [5, 5.41) is 22.5. The van der Waals surface area contributed by atoms with E-state index in [1.807, 2.05) is 0 Å². The van der Waals surface area contributed by atoms with Crippen molar-refractivity contribution >= 4 is 11.2 Å². The van der Waals surface area contributed by atoms with Gasteiger partial charge in [-0.1, -0.05) is 0 Å². The lowest BCUT2D eigenvalue weighted by Crippen LogP contribution is -2.43. The quantitative estimate of drug-likeness (QED) is 0.510. The van der Waals surface area contributed by atoms with E-state index in [0.29, 0.717) is 5.65 Å². The first kappa shape index (κ1) is 13.2. The maximum absolute atomic E-state index is 11.6. The molecular formula is C11H15N5O4. The van der Waals surface area contributed by atoms with Crippen LogP contribution in [-0.4, -0.2) is 61.6 Å². The van der Waals surface area contributed by atoms with Gasteiger partial charge in [0.1, 0.15) is 12.2 Å². The predicted octanol–water partition coefficient (Wildman–Crippen LogP) is -2.04. The Bertz CT molecular complexity index is 668. The lowest BCUT2D eigenvalue weighted by Gasteiger charge is -2.18. The molecular weight excluding hydrogens is 266 g/mol. The molecule has 1 saturated heterocycles. The molecule has 1 fully saturated rings. The zero-order valence-corrected chi connectivity index (χ0v) is 10.7. The average Bonchev–Trinajstić information content (AvgIpc) is 3.00. The maximum atomic E-state index is 11.6. The molecule has 4 atom stereocenters. The number of H-pyrrole nitrogens is 1. The highest BCUT2D eigenvalue weighted by Gasteiger charge is 2.44. The van der Waals surface area contributed by atoms with Gasteiger partial charge < -0.3 is 25.3 Å². The topological polar surface area (TPSA) is 125 Å². The van der Waals surface area contributed by atoms with Crippen LogP contribution in [0.3, 0.4) is 0 Å². The lowest BCUT2D eigenvalue weighted by molar-refractivity contribution is -0.0489. The Morgan fingerprint density at radius 3 is 3.00 bits per heavy atom. The third-order valence-corrected chi connectivity index (χ3v) is 3.53. The average molecular weight is 281 g/mol. The number of aromatic nitrogens is 4. The number of hydrogen-bond donors (Lipinski definition) is 4. The van der Waals surface area contributed by atoms with Crippen molar-refractivity contribution in [2.75, 3.05) is 13.7 Å². The van der Waals surface area contributed by atoms with E-state index in [2.05, 4.69) is 20.3 Å². The SMILES string of the molecule is CN[C@H]1[C@@H](O)[C@@H](n2cnc3c(=O)[nH]cnc32)O[C@H]1CO. The third kappa shape index (κ3) is 1.83. The fourth-order valence-electron chi connectivity index (χ4n) is 2.53. The van der Waals surface area contributed by atoms with Gasteiger partial charge in [0.15, 0.2) is 17.4 Å². The number of rotatable bonds is 3. The summed E-state index contributed by atoms with van der Waals surface area (Å²) in [4.78, 5) is 22.1. The minimum absolute atomic E-state index is 0.178. The Morgan fingerprint density at radius 1 is 1.55 bits per heavy atom. The molecule has 0 spiro atoms. The van der Waals surface area contributed by atoms with Gasteiger partial charge in [0.25, 0.3) is 5.56 Å². The molecule has 1 aliphatic rings. The Morgan fingerprint density at radius 2 is 2.35 bits per heavy atom. The number of nitrogens with one attached hydrogen (secondary N) is 2. The Balaban J connectivity index is 2.04. The molecule has 9 nitrogen and oxygen atoms in total. The smallest absolute Gasteiger partial charge is 0.278 e. The third-order valence-electron chi connectivity index (χ3n) is 3.53. The van der Waals surface area contributed by atoms with Crippen LogP contribution in [0, 0.1) is 0 Å². The van der Waals surface area contributed by atoms with Gasteiger partial charge in [0, 0.05) is 0 Å². The summed E-state index contributed by atoms with van der Waals surface area (Å²) in [5.74, 6) is 0. The molecule has 1 aliphatic heterocycles. The summed E-state index contributed by atoms with van der Waals surface area (Å²) in [6.45, 7) is -0.223. The molecule has 0 radical (unpaired) electrons. The molecule has 0 unspecified atom stereocenters. The molecule has 0 aromatic carbocycles. The molecule has 3 heterocycles. The largest absolute Gasteiger partial charge is 0.394 e. The second kappa shape index (κ2) is 4.94. The number of likely N-dealkylation sites (N-methyl/N-ethyl adjacent to an activating group) is 1. The van der Waals surface area contributed by atoms with Crippen LogP contribution in [-0.2, 0) is 4.74 Å². The van der Waals surface area contributed by atoms with E-state index in [0.717, 1.165) is 0 Å². The van der Waals surface area contributed by atoms with Crippen molar-refractivity contribution in [3.8, 4) is 0 Å². The Labute approximate surface area is 113 Å². The minimum atomic E-state index is -0.893. The maximum Gasteiger partial charge on any atom is 0.278 e. The van der Waals surface area contributed by atoms with E-state index in [4.69, 9.17) is 4.74 Å². The molecule has 0 saturated carbocycles. The Hall–Kier alpha value is -1.81. The highest BCUT2D eigenvalue weighted by molar-refractivity contribution is 5.68. The van der Waals surface area contributed by atoms with Gasteiger partial charge in [-0.15, -0.1) is 0 Å². The standard InChI is InChI=1S/C11H15N5O4/c1-12-6-5(2-17)20-11(8(6)18)16-4-15-7-9(16)13-3-14-10(7)19/h3-6,8,11-12,17-18H,2H2,1H3,(H,13,14,19)/t5-,6+,8+,11-/m0/s1. The number of aliphatic hydroxyl groups is 2. The van der Waals surface area contributed by atoms with Gasteiger partial charge in [0.05, 0.1) is 25.3 Å². The van der Waals surface area contributed by atoms with Gasteiger partial charge in [-0.25, -0.2) is 9.97 Å². The van der Waals surface area contributed by atoms with E-state index in [-0.39, 0.29) is 17.7 Å². The van der Waals surface area contributed by atoms with Crippen molar-refractivity contribution in [1.29, 1.82) is 0 Å². The first-order chi connectivity index (χ1) is 9.67. The second-order valence-corrected chi connectivity index (χ2v) is 4.61. The van der Waals surface area contributed by atoms with Crippen LogP contribution >= 0.6 is 0 Å². The zero-order valence-electron chi connectivity index (χ0n) is 10.7. The van der Waals surface area contributed by atoms with E-state index in [9.17, 15) is 15.0 Å². The summed E-state index contributed by atoms with van der Waals surface area (Å²) in [6, 6.07) is -0.413. The van der Waals surface area contributed by atoms with E-state index in [1.54, 1.807) is 7.05 Å². The van der Waals surface area contributed by atoms with E-state index < -0.39 is 24.5 Å². The molecule has 4 N–H and O–H groups in total. The molecule has 2 aromatic rings. The Kier molecular flexibility index (Phi) is 3.26. The second-order valence-electron chi connectivity index (χ2n) is 4.61. The zero-order chi connectivity index (χ0) is 14.3. The lowest BCUT2D eigenvalue weighted by atomic mass is 10.1. The highest BCUT2D eigenvalue weighted by Crippen LogP contribution is 2.30. The van der Waals surface area contributed by atoms with Crippen molar-refractivity contribution in [3.63, 3.8) is 0 Å². The van der Waals surface area contributed by atoms with Gasteiger partial charge in [0.2, 0.25) is 0 Å². The van der Waals surface area contributed by atoms with Crippen molar-refractivity contribution < 1.29 is 14.9 Å². The molecule has 108 valence electrons. The van der Waals surface area contributed by atoms with Crippen LogP contribution in [0.15, 0.2) is 17.4 Å². The monoisotopic (exact) mass is 281 g/mol. The number of aromatic amines is 1.